The van der Waals surface area contributed by atoms with Crippen LogP contribution < -0.4 is 5.32 Å². The van der Waals surface area contributed by atoms with Gasteiger partial charge in [0.1, 0.15) is 0 Å². The van der Waals surface area contributed by atoms with E-state index < -0.39 is 5.60 Å². The van der Waals surface area contributed by atoms with Crippen LogP contribution in [0.1, 0.15) is 39.3 Å². The molecule has 0 saturated heterocycles. The van der Waals surface area contributed by atoms with Crippen LogP contribution >= 0.6 is 0 Å². The molecule has 0 radical (unpaired) electrons. The lowest BCUT2D eigenvalue weighted by Gasteiger charge is -2.20. The first kappa shape index (κ1) is 13.3. The molecule has 0 spiro atoms. The summed E-state index contributed by atoms with van der Waals surface area (Å²) < 4.78 is 2.04. The summed E-state index contributed by atoms with van der Waals surface area (Å²) in [6, 6.07) is 0.551. The van der Waals surface area contributed by atoms with Gasteiger partial charge >= 0.3 is 0 Å². The molecule has 1 unspecified atom stereocenters. The summed E-state index contributed by atoms with van der Waals surface area (Å²) in [5, 5.41) is 13.4. The van der Waals surface area contributed by atoms with Crippen LogP contribution in [0.3, 0.4) is 0 Å². The molecule has 1 heterocycles. The first-order valence-corrected chi connectivity index (χ1v) is 6.65. The predicted octanol–water partition coefficient (Wildman–Crippen LogP) is 1.81. The zero-order valence-electron chi connectivity index (χ0n) is 11.5. The molecule has 1 aliphatic carbocycles. The zero-order chi connectivity index (χ0) is 13.2. The van der Waals surface area contributed by atoms with Gasteiger partial charge in [-0.1, -0.05) is 13.0 Å². The van der Waals surface area contributed by atoms with Crippen molar-refractivity contribution < 1.29 is 5.11 Å². The van der Waals surface area contributed by atoms with E-state index >= 15 is 0 Å². The van der Waals surface area contributed by atoms with Gasteiger partial charge < -0.3 is 15.0 Å². The lowest BCUT2D eigenvalue weighted by Crippen LogP contribution is -2.27. The smallest absolute Gasteiger partial charge is 0.0951 e. The Balaban J connectivity index is 2.09. The summed E-state index contributed by atoms with van der Waals surface area (Å²) >= 11 is 0. The molecule has 18 heavy (non-hydrogen) atoms. The number of rotatable bonds is 5. The maximum Gasteiger partial charge on any atom is 0.0951 e. The van der Waals surface area contributed by atoms with Crippen LogP contribution in [0.4, 0.5) is 0 Å². The highest BCUT2D eigenvalue weighted by Gasteiger charge is 2.21. The molecule has 0 amide bonds. The van der Waals surface area contributed by atoms with Crippen LogP contribution in [0.5, 0.6) is 0 Å². The van der Waals surface area contributed by atoms with E-state index in [9.17, 15) is 5.11 Å². The summed E-state index contributed by atoms with van der Waals surface area (Å²) in [6.45, 7) is 7.36. The number of aromatic nitrogens is 2. The second-order valence-corrected chi connectivity index (χ2v) is 5.64. The Morgan fingerprint density at radius 3 is 3.00 bits per heavy atom. The molecule has 1 atom stereocenters. The molecule has 2 rings (SSSR count). The van der Waals surface area contributed by atoms with Crippen molar-refractivity contribution >= 4 is 5.57 Å². The predicted molar refractivity (Wildman–Crippen MR) is 73.2 cm³/mol. The van der Waals surface area contributed by atoms with Crippen LogP contribution in [-0.2, 0) is 6.54 Å². The van der Waals surface area contributed by atoms with Crippen LogP contribution in [-0.4, -0.2) is 32.8 Å². The Hall–Kier alpha value is -1.13. The summed E-state index contributed by atoms with van der Waals surface area (Å²) in [5.74, 6) is 0. The van der Waals surface area contributed by atoms with Gasteiger partial charge in [-0.25, -0.2) is 4.98 Å². The third-order valence-corrected chi connectivity index (χ3v) is 3.21. The third kappa shape index (κ3) is 3.21. The molecule has 100 valence electrons. The van der Waals surface area contributed by atoms with Crippen molar-refractivity contribution in [3.63, 3.8) is 0 Å². The van der Waals surface area contributed by atoms with E-state index in [0.717, 1.165) is 25.1 Å². The normalized spacial score (nSPS) is 20.2. The van der Waals surface area contributed by atoms with E-state index in [1.54, 1.807) is 6.33 Å². The summed E-state index contributed by atoms with van der Waals surface area (Å²) in [7, 11) is 0. The van der Waals surface area contributed by atoms with Crippen molar-refractivity contribution in [1.29, 1.82) is 0 Å². The Labute approximate surface area is 109 Å². The second-order valence-electron chi connectivity index (χ2n) is 5.64. The average molecular weight is 249 g/mol. The maximum atomic E-state index is 9.91. The van der Waals surface area contributed by atoms with Gasteiger partial charge in [-0.2, -0.15) is 0 Å². The zero-order valence-corrected chi connectivity index (χ0v) is 11.5. The molecule has 2 N–H and O–H groups in total. The van der Waals surface area contributed by atoms with E-state index in [1.807, 2.05) is 24.6 Å². The Morgan fingerprint density at radius 2 is 2.33 bits per heavy atom. The van der Waals surface area contributed by atoms with Crippen LogP contribution in [0.25, 0.3) is 5.57 Å². The number of aliphatic hydroxyl groups is 1. The van der Waals surface area contributed by atoms with Gasteiger partial charge in [-0.15, -0.1) is 0 Å². The SMILES string of the molecule is CCNC1CC=C(c2cncn2CC(C)(C)O)C1. The van der Waals surface area contributed by atoms with E-state index in [4.69, 9.17) is 0 Å². The highest BCUT2D eigenvalue weighted by Crippen LogP contribution is 2.28. The fourth-order valence-corrected chi connectivity index (χ4v) is 2.50. The number of nitrogens with zero attached hydrogens (tertiary/aromatic N) is 2. The highest BCUT2D eigenvalue weighted by atomic mass is 16.3. The lowest BCUT2D eigenvalue weighted by atomic mass is 10.1. The van der Waals surface area contributed by atoms with Crippen molar-refractivity contribution in [2.75, 3.05) is 6.54 Å². The molecule has 1 aromatic heterocycles. The van der Waals surface area contributed by atoms with E-state index in [2.05, 4.69) is 23.3 Å². The van der Waals surface area contributed by atoms with Gasteiger partial charge in [-0.05, 0) is 38.8 Å². The van der Waals surface area contributed by atoms with Gasteiger partial charge in [0.25, 0.3) is 0 Å². The Bertz CT molecular complexity index is 428. The van der Waals surface area contributed by atoms with Crippen molar-refractivity contribution in [3.05, 3.63) is 24.3 Å². The largest absolute Gasteiger partial charge is 0.389 e. The molecule has 0 fully saturated rings. The Morgan fingerprint density at radius 1 is 1.56 bits per heavy atom. The fourth-order valence-electron chi connectivity index (χ4n) is 2.50. The van der Waals surface area contributed by atoms with Crippen molar-refractivity contribution in [3.8, 4) is 0 Å². The van der Waals surface area contributed by atoms with Crippen LogP contribution in [0, 0.1) is 0 Å². The van der Waals surface area contributed by atoms with Gasteiger partial charge in [0.2, 0.25) is 0 Å². The quantitative estimate of drug-likeness (QED) is 0.836. The monoisotopic (exact) mass is 249 g/mol. The van der Waals surface area contributed by atoms with Gasteiger partial charge in [-0.3, -0.25) is 0 Å². The van der Waals surface area contributed by atoms with E-state index in [-0.39, 0.29) is 0 Å². The first-order valence-electron chi connectivity index (χ1n) is 6.65. The number of imidazole rings is 1. The number of hydrogen-bond acceptors (Lipinski definition) is 3. The third-order valence-electron chi connectivity index (χ3n) is 3.21. The molecule has 0 bridgehead atoms. The van der Waals surface area contributed by atoms with E-state index in [0.29, 0.717) is 12.6 Å². The molecule has 1 aromatic rings. The van der Waals surface area contributed by atoms with Gasteiger partial charge in [0.15, 0.2) is 0 Å². The molecule has 4 heteroatoms. The molecule has 1 aliphatic rings. The van der Waals surface area contributed by atoms with Gasteiger partial charge in [0, 0.05) is 6.04 Å². The summed E-state index contributed by atoms with van der Waals surface area (Å²) in [5.41, 5.74) is 1.76. The Kier molecular flexibility index (Phi) is 3.88. The summed E-state index contributed by atoms with van der Waals surface area (Å²) in [4.78, 5) is 4.21. The molecular weight excluding hydrogens is 226 g/mol. The maximum absolute atomic E-state index is 9.91. The minimum Gasteiger partial charge on any atom is -0.389 e. The molecule has 0 saturated carbocycles. The first-order chi connectivity index (χ1) is 8.49. The molecular formula is C14H23N3O. The number of hydrogen-bond donors (Lipinski definition) is 2. The van der Waals surface area contributed by atoms with Crippen LogP contribution in [0.2, 0.25) is 0 Å². The topological polar surface area (TPSA) is 50.1 Å². The highest BCUT2D eigenvalue weighted by molar-refractivity contribution is 5.65. The average Bonchev–Trinajstić information content (AvgIpc) is 2.85. The van der Waals surface area contributed by atoms with Gasteiger partial charge in [0.05, 0.1) is 30.4 Å². The van der Waals surface area contributed by atoms with Crippen molar-refractivity contribution in [2.45, 2.75) is 51.8 Å². The van der Waals surface area contributed by atoms with Crippen molar-refractivity contribution in [1.82, 2.24) is 14.9 Å². The van der Waals surface area contributed by atoms with Crippen molar-refractivity contribution in [2.24, 2.45) is 0 Å². The molecule has 4 nitrogen and oxygen atoms in total. The fraction of sp³-hybridized carbons (Fsp3) is 0.643. The molecule has 0 aromatic carbocycles. The number of nitrogens with one attached hydrogen (secondary N) is 1. The lowest BCUT2D eigenvalue weighted by molar-refractivity contribution is 0.0612. The second kappa shape index (κ2) is 5.24. The van der Waals surface area contributed by atoms with Crippen LogP contribution in [0.15, 0.2) is 18.6 Å². The van der Waals surface area contributed by atoms with E-state index in [1.165, 1.54) is 5.57 Å². The minimum absolute atomic E-state index is 0.551. The summed E-state index contributed by atoms with van der Waals surface area (Å²) in [6.07, 6.45) is 8.11. The minimum atomic E-state index is -0.713. The molecule has 0 aliphatic heterocycles. The standard InChI is InChI=1S/C14H23N3O/c1-4-16-12-6-5-11(7-12)13-8-15-10-17(13)9-14(2,3)18/h5,8,10,12,16,18H,4,6-7,9H2,1-3H3.